The highest BCUT2D eigenvalue weighted by atomic mass is 32.1. The van der Waals surface area contributed by atoms with E-state index in [1.54, 1.807) is 27.2 Å². The van der Waals surface area contributed by atoms with Crippen molar-refractivity contribution >= 4 is 34.7 Å². The van der Waals surface area contributed by atoms with Gasteiger partial charge in [-0.05, 0) is 74.5 Å². The van der Waals surface area contributed by atoms with Crippen molar-refractivity contribution in [1.82, 2.24) is 0 Å². The highest BCUT2D eigenvalue weighted by Gasteiger charge is 2.27. The third kappa shape index (κ3) is 5.73. The summed E-state index contributed by atoms with van der Waals surface area (Å²) in [5.74, 6) is 0.594. The summed E-state index contributed by atoms with van der Waals surface area (Å²) in [6.07, 6.45) is 9.89. The minimum absolute atomic E-state index is 0.375. The molecule has 0 radical (unpaired) electrons. The lowest BCUT2D eigenvalue weighted by atomic mass is 9.82. The van der Waals surface area contributed by atoms with Crippen molar-refractivity contribution in [2.45, 2.75) is 73.1 Å². The summed E-state index contributed by atoms with van der Waals surface area (Å²) in [4.78, 5) is 13.6. The lowest BCUT2D eigenvalue weighted by Crippen LogP contribution is -2.06. The summed E-state index contributed by atoms with van der Waals surface area (Å²) in [5.41, 5.74) is 7.84. The third-order valence-corrected chi connectivity index (χ3v) is 7.72. The number of carbonyl (C=O) groups is 1. The minimum Gasteiger partial charge on any atom is -0.471 e. The van der Waals surface area contributed by atoms with Crippen LogP contribution in [0.25, 0.3) is 5.57 Å². The number of allylic oxidation sites excluding steroid dienone is 3. The number of carbonyl (C=O) groups excluding carboxylic acids is 1. The smallest absolute Gasteiger partial charge is 0.292 e. The first kappa shape index (κ1) is 24.6. The van der Waals surface area contributed by atoms with Gasteiger partial charge in [0.05, 0.1) is 7.11 Å². The molecule has 1 aliphatic carbocycles. The summed E-state index contributed by atoms with van der Waals surface area (Å²) in [5, 5.41) is 2.23. The standard InChI is InChI=1S/C24H32S2.C2H4O2/c1-6-10-16(3)22(17(4)11-7-2)24(21-14-9-15-25-21)23-18(5)26-20-13-8-12-19(20)23;1-4-2-3/h9-10,14-15,17H,6-8,11-13H2,1-5H3;2H,1H3/b16-10+,24-22+;. The van der Waals surface area contributed by atoms with Crippen LogP contribution in [-0.4, -0.2) is 13.6 Å². The van der Waals surface area contributed by atoms with Gasteiger partial charge in [-0.2, -0.15) is 0 Å². The van der Waals surface area contributed by atoms with Crippen LogP contribution in [0.1, 0.15) is 79.1 Å². The molecule has 0 amide bonds. The Labute approximate surface area is 190 Å². The molecule has 3 rings (SSSR count). The van der Waals surface area contributed by atoms with Gasteiger partial charge >= 0.3 is 0 Å². The van der Waals surface area contributed by atoms with Crippen LogP contribution in [0.5, 0.6) is 0 Å². The Morgan fingerprint density at radius 1 is 1.30 bits per heavy atom. The third-order valence-electron chi connectivity index (χ3n) is 5.63. The monoisotopic (exact) mass is 444 g/mol. The molecule has 0 N–H and O–H groups in total. The quantitative estimate of drug-likeness (QED) is 0.304. The lowest BCUT2D eigenvalue weighted by molar-refractivity contribution is -0.126. The largest absolute Gasteiger partial charge is 0.471 e. The van der Waals surface area contributed by atoms with E-state index in [0.717, 1.165) is 6.42 Å². The molecule has 0 aromatic carbocycles. The van der Waals surface area contributed by atoms with E-state index in [1.165, 1.54) is 54.5 Å². The van der Waals surface area contributed by atoms with Crippen LogP contribution in [0, 0.1) is 12.8 Å². The number of fused-ring (bicyclic) bond motifs is 1. The van der Waals surface area contributed by atoms with Crippen molar-refractivity contribution < 1.29 is 9.53 Å². The van der Waals surface area contributed by atoms with Crippen molar-refractivity contribution in [2.24, 2.45) is 5.92 Å². The van der Waals surface area contributed by atoms with Gasteiger partial charge in [0.2, 0.25) is 0 Å². The van der Waals surface area contributed by atoms with Gasteiger partial charge in [0.25, 0.3) is 6.47 Å². The first-order chi connectivity index (χ1) is 14.5. The molecular weight excluding hydrogens is 408 g/mol. The average molecular weight is 445 g/mol. The van der Waals surface area contributed by atoms with Crippen LogP contribution in [0.15, 0.2) is 34.7 Å². The zero-order valence-corrected chi connectivity index (χ0v) is 21.0. The molecule has 0 fully saturated rings. The minimum atomic E-state index is 0.375. The fraction of sp³-hybridized carbons (Fsp3) is 0.500. The van der Waals surface area contributed by atoms with Gasteiger partial charge in [0.15, 0.2) is 0 Å². The molecule has 4 heteroatoms. The van der Waals surface area contributed by atoms with E-state index in [1.807, 2.05) is 22.7 Å². The first-order valence-corrected chi connectivity index (χ1v) is 12.7. The van der Waals surface area contributed by atoms with Gasteiger partial charge in [-0.1, -0.05) is 44.9 Å². The topological polar surface area (TPSA) is 26.3 Å². The fourth-order valence-electron chi connectivity index (χ4n) is 4.51. The highest BCUT2D eigenvalue weighted by molar-refractivity contribution is 7.13. The van der Waals surface area contributed by atoms with Crippen molar-refractivity contribution in [1.29, 1.82) is 0 Å². The number of hydrogen-bond acceptors (Lipinski definition) is 4. The van der Waals surface area contributed by atoms with Crippen molar-refractivity contribution in [2.75, 3.05) is 7.11 Å². The molecule has 30 heavy (non-hydrogen) atoms. The molecule has 0 saturated carbocycles. The predicted octanol–water partition coefficient (Wildman–Crippen LogP) is 7.99. The number of thiophene rings is 2. The molecule has 2 nitrogen and oxygen atoms in total. The molecule has 0 spiro atoms. The van der Waals surface area contributed by atoms with E-state index >= 15 is 0 Å². The molecule has 2 aromatic rings. The van der Waals surface area contributed by atoms with E-state index in [9.17, 15) is 0 Å². The molecule has 0 bridgehead atoms. The Balaban J connectivity index is 0.000000735. The second kappa shape index (κ2) is 12.3. The molecule has 1 aliphatic rings. The fourth-order valence-corrected chi connectivity index (χ4v) is 6.57. The van der Waals surface area contributed by atoms with Crippen LogP contribution in [0.2, 0.25) is 0 Å². The Morgan fingerprint density at radius 2 is 2.03 bits per heavy atom. The normalized spacial score (nSPS) is 15.1. The van der Waals surface area contributed by atoms with Crippen LogP contribution < -0.4 is 0 Å². The maximum Gasteiger partial charge on any atom is 0.292 e. The summed E-state index contributed by atoms with van der Waals surface area (Å²) >= 11 is 3.95. The Hall–Kier alpha value is -1.65. The number of hydrogen-bond donors (Lipinski definition) is 0. The van der Waals surface area contributed by atoms with E-state index in [0.29, 0.717) is 12.4 Å². The average Bonchev–Trinajstić information content (AvgIpc) is 3.45. The summed E-state index contributed by atoms with van der Waals surface area (Å²) in [6.45, 7) is 12.0. The first-order valence-electron chi connectivity index (χ1n) is 11.0. The molecule has 2 aromatic heterocycles. The van der Waals surface area contributed by atoms with E-state index in [4.69, 9.17) is 4.79 Å². The van der Waals surface area contributed by atoms with Crippen molar-refractivity contribution in [3.05, 3.63) is 60.5 Å². The zero-order valence-electron chi connectivity index (χ0n) is 19.3. The lowest BCUT2D eigenvalue weighted by Gasteiger charge is -2.23. The number of ether oxygens (including phenoxy) is 1. The van der Waals surface area contributed by atoms with Crippen LogP contribution >= 0.6 is 22.7 Å². The summed E-state index contributed by atoms with van der Waals surface area (Å²) < 4.78 is 3.86. The molecule has 1 atom stereocenters. The van der Waals surface area contributed by atoms with Gasteiger partial charge < -0.3 is 4.74 Å². The summed E-state index contributed by atoms with van der Waals surface area (Å²) in [6, 6.07) is 4.54. The van der Waals surface area contributed by atoms with Gasteiger partial charge in [-0.15, -0.1) is 22.7 Å². The number of methoxy groups -OCH3 is 1. The van der Waals surface area contributed by atoms with Crippen LogP contribution in [0.4, 0.5) is 0 Å². The summed E-state index contributed by atoms with van der Waals surface area (Å²) in [7, 11) is 1.31. The van der Waals surface area contributed by atoms with Crippen molar-refractivity contribution in [3.8, 4) is 0 Å². The number of rotatable bonds is 8. The van der Waals surface area contributed by atoms with Gasteiger partial charge in [0.1, 0.15) is 0 Å². The SMILES string of the molecule is CC/C=C(C)/C(=C(/c1cccs1)c1c(C)sc2c1CCC2)C(C)CCC.COC=O. The second-order valence-electron chi connectivity index (χ2n) is 7.87. The van der Waals surface area contributed by atoms with Gasteiger partial charge in [0, 0.05) is 25.8 Å². The maximum absolute atomic E-state index is 8.95. The molecule has 164 valence electrons. The molecule has 0 aliphatic heterocycles. The second-order valence-corrected chi connectivity index (χ2v) is 10.1. The molecular formula is C26H36O2S2. The van der Waals surface area contributed by atoms with Gasteiger partial charge in [-0.25, -0.2) is 0 Å². The maximum atomic E-state index is 8.95. The Bertz CT molecular complexity index is 869. The van der Waals surface area contributed by atoms with E-state index in [-0.39, 0.29) is 0 Å². The van der Waals surface area contributed by atoms with E-state index in [2.05, 4.69) is 62.9 Å². The van der Waals surface area contributed by atoms with Gasteiger partial charge in [-0.3, -0.25) is 4.79 Å². The predicted molar refractivity (Wildman–Crippen MR) is 133 cm³/mol. The molecule has 2 heterocycles. The Kier molecular flexibility index (Phi) is 10.1. The van der Waals surface area contributed by atoms with E-state index < -0.39 is 0 Å². The van der Waals surface area contributed by atoms with Crippen molar-refractivity contribution in [3.63, 3.8) is 0 Å². The molecule has 0 saturated heterocycles. The highest BCUT2D eigenvalue weighted by Crippen LogP contribution is 2.45. The van der Waals surface area contributed by atoms with Crippen LogP contribution in [-0.2, 0) is 22.4 Å². The Morgan fingerprint density at radius 3 is 2.60 bits per heavy atom. The number of aryl methyl sites for hydroxylation is 2. The zero-order chi connectivity index (χ0) is 22.1. The van der Waals surface area contributed by atoms with Crippen LogP contribution in [0.3, 0.4) is 0 Å². The molecule has 1 unspecified atom stereocenters.